The normalized spacial score (nSPS) is 13.6. The molecule has 2 heterocycles. The van der Waals surface area contributed by atoms with Gasteiger partial charge >= 0.3 is 0 Å². The average molecular weight is 469 g/mol. The number of aromatic nitrogens is 2. The van der Waals surface area contributed by atoms with Crippen molar-refractivity contribution in [2.45, 2.75) is 19.3 Å². The highest BCUT2D eigenvalue weighted by Crippen LogP contribution is 2.33. The van der Waals surface area contributed by atoms with Gasteiger partial charge in [-0.15, -0.1) is 0 Å². The minimum Gasteiger partial charge on any atom is -0.497 e. The molecule has 174 valence electrons. The summed E-state index contributed by atoms with van der Waals surface area (Å²) in [5.41, 5.74) is 1.55. The van der Waals surface area contributed by atoms with Crippen molar-refractivity contribution in [3.63, 3.8) is 0 Å². The van der Waals surface area contributed by atoms with Crippen LogP contribution in [0.1, 0.15) is 34.6 Å². The first-order valence-corrected chi connectivity index (χ1v) is 11.7. The number of benzene rings is 2. The highest BCUT2D eigenvalue weighted by Gasteiger charge is 2.16. The molecule has 0 aliphatic carbocycles. The molecular weight excluding hydrogens is 440 g/mol. The summed E-state index contributed by atoms with van der Waals surface area (Å²) in [4.78, 5) is 19.5. The lowest BCUT2D eigenvalue weighted by Gasteiger charge is -2.15. The van der Waals surface area contributed by atoms with E-state index < -0.39 is 0 Å². The topological polar surface area (TPSA) is 85.8 Å². The van der Waals surface area contributed by atoms with E-state index in [-0.39, 0.29) is 5.91 Å². The van der Waals surface area contributed by atoms with Crippen LogP contribution in [0.15, 0.2) is 42.5 Å². The molecule has 9 heteroatoms. The van der Waals surface area contributed by atoms with Gasteiger partial charge in [-0.2, -0.15) is 9.36 Å². The summed E-state index contributed by atoms with van der Waals surface area (Å²) >= 11 is 1.16. The van der Waals surface area contributed by atoms with Crippen molar-refractivity contribution in [2.24, 2.45) is 0 Å². The Balaban J connectivity index is 1.40. The summed E-state index contributed by atoms with van der Waals surface area (Å²) in [5, 5.41) is 3.37. The Bertz CT molecular complexity index is 1080. The maximum atomic E-state index is 12.6. The molecule has 0 radical (unpaired) electrons. The van der Waals surface area contributed by atoms with Gasteiger partial charge in [0.25, 0.3) is 11.1 Å². The Morgan fingerprint density at radius 2 is 1.94 bits per heavy atom. The second-order valence-corrected chi connectivity index (χ2v) is 8.49. The number of nitrogens with one attached hydrogen (secondary N) is 1. The summed E-state index contributed by atoms with van der Waals surface area (Å²) in [7, 11) is 3.20. The molecule has 1 N–H and O–H groups in total. The van der Waals surface area contributed by atoms with Crippen LogP contribution in [0.5, 0.6) is 22.4 Å². The van der Waals surface area contributed by atoms with E-state index >= 15 is 0 Å². The number of likely N-dealkylation sites (tertiary alicyclic amines) is 1. The summed E-state index contributed by atoms with van der Waals surface area (Å²) in [6.45, 7) is 3.70. The predicted octanol–water partition coefficient (Wildman–Crippen LogP) is 3.76. The van der Waals surface area contributed by atoms with Crippen LogP contribution in [-0.4, -0.2) is 60.6 Å². The van der Waals surface area contributed by atoms with Crippen molar-refractivity contribution in [1.82, 2.24) is 19.6 Å². The van der Waals surface area contributed by atoms with E-state index in [2.05, 4.69) is 19.6 Å². The zero-order chi connectivity index (χ0) is 23.0. The molecule has 0 atom stereocenters. The smallest absolute Gasteiger partial charge is 0.298 e. The van der Waals surface area contributed by atoms with Gasteiger partial charge in [0.1, 0.15) is 5.75 Å². The minimum absolute atomic E-state index is 0.141. The highest BCUT2D eigenvalue weighted by molar-refractivity contribution is 7.07. The molecule has 0 unspecified atom stereocenters. The van der Waals surface area contributed by atoms with Crippen molar-refractivity contribution in [3.05, 3.63) is 59.4 Å². The third kappa shape index (κ3) is 6.21. The number of carbonyl (C=O) groups excluding carboxylic acids is 1. The van der Waals surface area contributed by atoms with Crippen LogP contribution in [0.2, 0.25) is 0 Å². The number of hydrogen-bond donors (Lipinski definition) is 1. The lowest BCUT2D eigenvalue weighted by Crippen LogP contribution is -2.33. The van der Waals surface area contributed by atoms with Gasteiger partial charge in [0.15, 0.2) is 17.3 Å². The number of nitrogens with zero attached hydrogens (tertiary/aromatic N) is 3. The van der Waals surface area contributed by atoms with Crippen molar-refractivity contribution in [3.8, 4) is 22.4 Å². The van der Waals surface area contributed by atoms with Crippen LogP contribution >= 0.6 is 11.5 Å². The molecule has 1 amide bonds. The lowest BCUT2D eigenvalue weighted by atomic mass is 10.1. The highest BCUT2D eigenvalue weighted by atomic mass is 32.1. The number of amides is 1. The molecule has 1 saturated heterocycles. The van der Waals surface area contributed by atoms with E-state index in [0.717, 1.165) is 42.5 Å². The fourth-order valence-corrected chi connectivity index (χ4v) is 4.31. The quantitative estimate of drug-likeness (QED) is 0.485. The standard InChI is InChI=1S/C24H28N4O4S/c1-30-19-7-5-6-17(14-19)15-22-26-24(33-27-22)32-21-16-18(8-9-20(21)31-2)23(29)25-10-13-28-11-3-4-12-28/h5-9,14,16H,3-4,10-13,15H2,1-2H3,(H,25,29). The van der Waals surface area contributed by atoms with Gasteiger partial charge in [-0.25, -0.2) is 0 Å². The minimum atomic E-state index is -0.141. The molecule has 0 saturated carbocycles. The molecular formula is C24H28N4O4S. The first-order chi connectivity index (χ1) is 16.1. The first-order valence-electron chi connectivity index (χ1n) is 11.0. The number of carbonyl (C=O) groups is 1. The van der Waals surface area contributed by atoms with Crippen molar-refractivity contribution < 1.29 is 19.0 Å². The Hall–Kier alpha value is -3.17. The Labute approximate surface area is 197 Å². The van der Waals surface area contributed by atoms with Crippen molar-refractivity contribution in [1.29, 1.82) is 0 Å². The van der Waals surface area contributed by atoms with Gasteiger partial charge in [-0.1, -0.05) is 12.1 Å². The third-order valence-electron chi connectivity index (χ3n) is 5.48. The number of ether oxygens (including phenoxy) is 3. The zero-order valence-corrected chi connectivity index (χ0v) is 19.7. The van der Waals surface area contributed by atoms with Crippen LogP contribution in [0.25, 0.3) is 0 Å². The van der Waals surface area contributed by atoms with Crippen LogP contribution in [-0.2, 0) is 6.42 Å². The van der Waals surface area contributed by atoms with E-state index in [0.29, 0.717) is 41.0 Å². The molecule has 33 heavy (non-hydrogen) atoms. The summed E-state index contributed by atoms with van der Waals surface area (Å²) in [6.07, 6.45) is 3.04. The maximum absolute atomic E-state index is 12.6. The van der Waals surface area contributed by atoms with Gasteiger partial charge in [0.2, 0.25) is 0 Å². The van der Waals surface area contributed by atoms with Crippen LogP contribution < -0.4 is 19.5 Å². The average Bonchev–Trinajstić information content (AvgIpc) is 3.51. The fourth-order valence-electron chi connectivity index (χ4n) is 3.74. The SMILES string of the molecule is COc1cccc(Cc2nsc(Oc3cc(C(=O)NCCN4CCCC4)ccc3OC)n2)c1. The van der Waals surface area contributed by atoms with Gasteiger partial charge in [0.05, 0.1) is 14.2 Å². The summed E-state index contributed by atoms with van der Waals surface area (Å²) < 4.78 is 21.0. The first kappa shape index (κ1) is 23.0. The van der Waals surface area contributed by atoms with E-state index in [1.54, 1.807) is 32.4 Å². The molecule has 1 fully saturated rings. The van der Waals surface area contributed by atoms with E-state index in [1.165, 1.54) is 12.8 Å². The van der Waals surface area contributed by atoms with E-state index in [1.807, 2.05) is 24.3 Å². The molecule has 1 aliphatic rings. The van der Waals surface area contributed by atoms with Gasteiger partial charge in [-0.3, -0.25) is 4.79 Å². The van der Waals surface area contributed by atoms with E-state index in [9.17, 15) is 4.79 Å². The largest absolute Gasteiger partial charge is 0.497 e. The predicted molar refractivity (Wildman–Crippen MR) is 127 cm³/mol. The molecule has 0 spiro atoms. The number of hydrogen-bond acceptors (Lipinski definition) is 8. The van der Waals surface area contributed by atoms with Gasteiger partial charge < -0.3 is 24.4 Å². The Morgan fingerprint density at radius 3 is 2.73 bits per heavy atom. The summed E-state index contributed by atoms with van der Waals surface area (Å²) in [6, 6.07) is 12.9. The number of methoxy groups -OCH3 is 2. The van der Waals surface area contributed by atoms with Crippen molar-refractivity contribution in [2.75, 3.05) is 40.4 Å². The Morgan fingerprint density at radius 1 is 1.09 bits per heavy atom. The van der Waals surface area contributed by atoms with Crippen LogP contribution in [0.3, 0.4) is 0 Å². The molecule has 4 rings (SSSR count). The van der Waals surface area contributed by atoms with E-state index in [4.69, 9.17) is 14.2 Å². The Kier molecular flexibility index (Phi) is 7.74. The monoisotopic (exact) mass is 468 g/mol. The molecule has 8 nitrogen and oxygen atoms in total. The molecule has 3 aromatic rings. The van der Waals surface area contributed by atoms with Crippen LogP contribution in [0.4, 0.5) is 0 Å². The molecule has 0 bridgehead atoms. The molecule has 1 aromatic heterocycles. The fraction of sp³-hybridized carbons (Fsp3) is 0.375. The zero-order valence-electron chi connectivity index (χ0n) is 18.9. The lowest BCUT2D eigenvalue weighted by molar-refractivity contribution is 0.0949. The molecule has 2 aromatic carbocycles. The summed E-state index contributed by atoms with van der Waals surface area (Å²) in [5.74, 6) is 2.25. The second kappa shape index (κ2) is 11.1. The maximum Gasteiger partial charge on any atom is 0.298 e. The molecule has 1 aliphatic heterocycles. The number of rotatable bonds is 10. The van der Waals surface area contributed by atoms with Crippen molar-refractivity contribution >= 4 is 17.4 Å². The van der Waals surface area contributed by atoms with Crippen LogP contribution in [0, 0.1) is 0 Å². The second-order valence-electron chi connectivity index (χ2n) is 7.78. The van der Waals surface area contributed by atoms with Gasteiger partial charge in [0, 0.05) is 36.6 Å². The third-order valence-corrected chi connectivity index (χ3v) is 6.11. The van der Waals surface area contributed by atoms with Gasteiger partial charge in [-0.05, 0) is 61.8 Å².